The van der Waals surface area contributed by atoms with Crippen LogP contribution in [-0.2, 0) is 15.0 Å². The molecule has 5 nitrogen and oxygen atoms in total. The smallest absolute Gasteiger partial charge is 0.303 e. The average molecular weight is 376 g/mol. The third kappa shape index (κ3) is 5.98. The third-order valence-electron chi connectivity index (χ3n) is 5.27. The van der Waals surface area contributed by atoms with Crippen molar-refractivity contribution in [3.8, 4) is 5.75 Å². The molecule has 1 saturated heterocycles. The van der Waals surface area contributed by atoms with Gasteiger partial charge in [-0.15, -0.1) is 0 Å². The lowest BCUT2D eigenvalue weighted by Crippen LogP contribution is -2.48. The first kappa shape index (κ1) is 21.3. The number of piperidine rings is 1. The fourth-order valence-electron chi connectivity index (χ4n) is 3.56. The van der Waals surface area contributed by atoms with Crippen molar-refractivity contribution in [2.75, 3.05) is 19.7 Å². The molecule has 27 heavy (non-hydrogen) atoms. The SMILES string of the molecule is CC(C)COc1ccc(C(C)(C)C(=O)N2CCCC(CCC(=O)O)C2)cc1. The van der Waals surface area contributed by atoms with Crippen LogP contribution >= 0.6 is 0 Å². The van der Waals surface area contributed by atoms with E-state index in [4.69, 9.17) is 9.84 Å². The van der Waals surface area contributed by atoms with Crippen LogP contribution in [0.5, 0.6) is 5.75 Å². The van der Waals surface area contributed by atoms with Gasteiger partial charge in [-0.2, -0.15) is 0 Å². The topological polar surface area (TPSA) is 66.8 Å². The van der Waals surface area contributed by atoms with Crippen LogP contribution in [0.25, 0.3) is 0 Å². The summed E-state index contributed by atoms with van der Waals surface area (Å²) in [5, 5.41) is 8.90. The molecule has 0 spiro atoms. The Bertz CT molecular complexity index is 636. The van der Waals surface area contributed by atoms with Crippen LogP contribution < -0.4 is 4.74 Å². The molecular weight excluding hydrogens is 342 g/mol. The molecule has 1 amide bonds. The van der Waals surface area contributed by atoms with Gasteiger partial charge >= 0.3 is 5.97 Å². The fourth-order valence-corrected chi connectivity index (χ4v) is 3.56. The molecular formula is C22H33NO4. The Balaban J connectivity index is 2.01. The molecule has 1 N–H and O–H groups in total. The summed E-state index contributed by atoms with van der Waals surface area (Å²) in [5.74, 6) is 0.914. The number of carboxylic acid groups (broad SMARTS) is 1. The van der Waals surface area contributed by atoms with Gasteiger partial charge in [0, 0.05) is 19.5 Å². The van der Waals surface area contributed by atoms with Crippen LogP contribution in [-0.4, -0.2) is 41.6 Å². The Morgan fingerprint density at radius 3 is 2.52 bits per heavy atom. The molecule has 0 saturated carbocycles. The number of ether oxygens (including phenoxy) is 1. The van der Waals surface area contributed by atoms with Crippen molar-refractivity contribution in [1.29, 1.82) is 0 Å². The highest BCUT2D eigenvalue weighted by atomic mass is 16.5. The minimum absolute atomic E-state index is 0.110. The predicted molar refractivity (Wildman–Crippen MR) is 106 cm³/mol. The summed E-state index contributed by atoms with van der Waals surface area (Å²) in [6.45, 7) is 10.2. The third-order valence-corrected chi connectivity index (χ3v) is 5.27. The molecule has 1 aliphatic rings. The highest BCUT2D eigenvalue weighted by Crippen LogP contribution is 2.30. The average Bonchev–Trinajstić information content (AvgIpc) is 2.64. The van der Waals surface area contributed by atoms with E-state index in [9.17, 15) is 9.59 Å². The van der Waals surface area contributed by atoms with Crippen molar-refractivity contribution in [1.82, 2.24) is 4.90 Å². The number of amides is 1. The Morgan fingerprint density at radius 2 is 1.93 bits per heavy atom. The van der Waals surface area contributed by atoms with Gasteiger partial charge < -0.3 is 14.7 Å². The van der Waals surface area contributed by atoms with Gasteiger partial charge in [0.05, 0.1) is 12.0 Å². The van der Waals surface area contributed by atoms with Crippen molar-refractivity contribution in [2.24, 2.45) is 11.8 Å². The highest BCUT2D eigenvalue weighted by Gasteiger charge is 2.35. The number of carbonyl (C=O) groups is 2. The molecule has 1 fully saturated rings. The number of carboxylic acids is 1. The van der Waals surface area contributed by atoms with Gasteiger partial charge in [0.1, 0.15) is 5.75 Å². The number of hydrogen-bond acceptors (Lipinski definition) is 3. The van der Waals surface area contributed by atoms with Crippen LogP contribution in [0.1, 0.15) is 58.9 Å². The Labute approximate surface area is 162 Å². The number of rotatable bonds is 8. The van der Waals surface area contributed by atoms with Crippen molar-refractivity contribution in [3.63, 3.8) is 0 Å². The lowest BCUT2D eigenvalue weighted by atomic mass is 9.82. The predicted octanol–water partition coefficient (Wildman–Crippen LogP) is 4.10. The van der Waals surface area contributed by atoms with Crippen LogP contribution in [0.2, 0.25) is 0 Å². The van der Waals surface area contributed by atoms with Crippen LogP contribution in [0.3, 0.4) is 0 Å². The van der Waals surface area contributed by atoms with Gasteiger partial charge in [-0.25, -0.2) is 0 Å². The van der Waals surface area contributed by atoms with E-state index in [1.807, 2.05) is 43.0 Å². The number of hydrogen-bond donors (Lipinski definition) is 1. The molecule has 5 heteroatoms. The van der Waals surface area contributed by atoms with E-state index >= 15 is 0 Å². The number of benzene rings is 1. The molecule has 0 aliphatic carbocycles. The summed E-state index contributed by atoms with van der Waals surface area (Å²) in [7, 11) is 0. The van der Waals surface area contributed by atoms with Gasteiger partial charge in [-0.1, -0.05) is 26.0 Å². The molecule has 1 heterocycles. The van der Waals surface area contributed by atoms with Gasteiger partial charge in [0.2, 0.25) is 5.91 Å². The highest BCUT2D eigenvalue weighted by molar-refractivity contribution is 5.87. The summed E-state index contributed by atoms with van der Waals surface area (Å²) >= 11 is 0. The lowest BCUT2D eigenvalue weighted by Gasteiger charge is -2.38. The molecule has 1 aromatic carbocycles. The zero-order valence-corrected chi connectivity index (χ0v) is 17.0. The molecule has 1 unspecified atom stereocenters. The second-order valence-electron chi connectivity index (χ2n) is 8.55. The Morgan fingerprint density at radius 1 is 1.26 bits per heavy atom. The summed E-state index contributed by atoms with van der Waals surface area (Å²) in [4.78, 5) is 25.9. The second kappa shape index (κ2) is 9.25. The minimum Gasteiger partial charge on any atom is -0.493 e. The zero-order chi connectivity index (χ0) is 20.0. The van der Waals surface area contributed by atoms with Crippen LogP contribution in [0.4, 0.5) is 0 Å². The maximum atomic E-state index is 13.2. The van der Waals surface area contributed by atoms with Crippen molar-refractivity contribution in [3.05, 3.63) is 29.8 Å². The molecule has 1 aromatic rings. The monoisotopic (exact) mass is 375 g/mol. The quantitative estimate of drug-likeness (QED) is 0.743. The first-order valence-electron chi connectivity index (χ1n) is 9.94. The number of aliphatic carboxylic acids is 1. The molecule has 2 rings (SSSR count). The van der Waals surface area contributed by atoms with Crippen molar-refractivity contribution < 1.29 is 19.4 Å². The summed E-state index contributed by atoms with van der Waals surface area (Å²) < 4.78 is 5.73. The number of nitrogens with zero attached hydrogens (tertiary/aromatic N) is 1. The fraction of sp³-hybridized carbons (Fsp3) is 0.636. The summed E-state index contributed by atoms with van der Waals surface area (Å²) in [6.07, 6.45) is 2.75. The molecule has 0 radical (unpaired) electrons. The van der Waals surface area contributed by atoms with Crippen LogP contribution in [0.15, 0.2) is 24.3 Å². The molecule has 1 atom stereocenters. The van der Waals surface area contributed by atoms with Gasteiger partial charge in [0.25, 0.3) is 0 Å². The first-order valence-corrected chi connectivity index (χ1v) is 9.94. The Kier molecular flexibility index (Phi) is 7.28. The maximum absolute atomic E-state index is 13.2. The number of carbonyl (C=O) groups excluding carboxylic acids is 1. The molecule has 0 aromatic heterocycles. The van der Waals surface area contributed by atoms with Gasteiger partial charge in [-0.3, -0.25) is 9.59 Å². The minimum atomic E-state index is -0.765. The number of likely N-dealkylation sites (tertiary alicyclic amines) is 1. The van der Waals surface area contributed by atoms with E-state index in [1.54, 1.807) is 0 Å². The molecule has 1 aliphatic heterocycles. The summed E-state index contributed by atoms with van der Waals surface area (Å²) in [5.41, 5.74) is 0.350. The largest absolute Gasteiger partial charge is 0.493 e. The normalized spacial score (nSPS) is 17.8. The second-order valence-corrected chi connectivity index (χ2v) is 8.55. The zero-order valence-electron chi connectivity index (χ0n) is 17.0. The molecule has 0 bridgehead atoms. The van der Waals surface area contributed by atoms with Crippen molar-refractivity contribution >= 4 is 11.9 Å². The summed E-state index contributed by atoms with van der Waals surface area (Å²) in [6, 6.07) is 7.80. The van der Waals surface area contributed by atoms with Crippen LogP contribution in [0, 0.1) is 11.8 Å². The van der Waals surface area contributed by atoms with Gasteiger partial charge in [-0.05, 0) is 62.6 Å². The van der Waals surface area contributed by atoms with E-state index in [1.165, 1.54) is 0 Å². The first-order chi connectivity index (χ1) is 12.7. The maximum Gasteiger partial charge on any atom is 0.303 e. The Hall–Kier alpha value is -2.04. The van der Waals surface area contributed by atoms with E-state index in [-0.39, 0.29) is 18.2 Å². The lowest BCUT2D eigenvalue weighted by molar-refractivity contribution is -0.138. The van der Waals surface area contributed by atoms with E-state index in [0.717, 1.165) is 30.7 Å². The van der Waals surface area contributed by atoms with Gasteiger partial charge in [0.15, 0.2) is 0 Å². The van der Waals surface area contributed by atoms with E-state index < -0.39 is 11.4 Å². The molecule has 150 valence electrons. The van der Waals surface area contributed by atoms with E-state index in [0.29, 0.717) is 25.5 Å². The van der Waals surface area contributed by atoms with Crippen molar-refractivity contribution in [2.45, 2.75) is 58.8 Å². The van der Waals surface area contributed by atoms with E-state index in [2.05, 4.69) is 13.8 Å². The standard InChI is InChI=1S/C22H33NO4/c1-16(2)15-27-19-10-8-18(9-11-19)22(3,4)21(26)23-13-5-6-17(14-23)7-12-20(24)25/h8-11,16-17H,5-7,12-15H2,1-4H3,(H,24,25).